The van der Waals surface area contributed by atoms with Gasteiger partial charge in [0.05, 0.1) is 58.7 Å². The number of nitrogens with two attached hydrogens (primary N) is 2. The van der Waals surface area contributed by atoms with Crippen molar-refractivity contribution in [3.63, 3.8) is 0 Å². The fourth-order valence-corrected chi connectivity index (χ4v) is 13.2. The number of hydrogen-bond acceptors (Lipinski definition) is 16. The third-order valence-corrected chi connectivity index (χ3v) is 18.4. The minimum absolute atomic E-state index is 0.0377. The van der Waals surface area contributed by atoms with Crippen LogP contribution in [-0.2, 0) is 39.7 Å². The lowest BCUT2D eigenvalue weighted by atomic mass is 9.75. The average Bonchev–Trinajstić information content (AvgIpc) is 1.57. The van der Waals surface area contributed by atoms with Crippen LogP contribution < -0.4 is 11.5 Å². The van der Waals surface area contributed by atoms with Crippen molar-refractivity contribution in [2.75, 3.05) is 13.2 Å². The zero-order valence-corrected chi connectivity index (χ0v) is 58.1. The summed E-state index contributed by atoms with van der Waals surface area (Å²) in [5, 5.41) is 14.7. The molecular formula is C68H64Cl2F14N16O6. The lowest BCUT2D eigenvalue weighted by Crippen LogP contribution is -2.47. The summed E-state index contributed by atoms with van der Waals surface area (Å²) in [6.45, 7) is 3.61. The molecule has 0 bridgehead atoms. The van der Waals surface area contributed by atoms with Crippen molar-refractivity contribution in [3.05, 3.63) is 166 Å². The van der Waals surface area contributed by atoms with E-state index in [9.17, 15) is 71.9 Å². The van der Waals surface area contributed by atoms with Gasteiger partial charge in [-0.3, -0.25) is 29.0 Å². The summed E-state index contributed by atoms with van der Waals surface area (Å²) in [5.41, 5.74) is 8.03. The van der Waals surface area contributed by atoms with E-state index in [4.69, 9.17) is 44.1 Å². The van der Waals surface area contributed by atoms with Crippen molar-refractivity contribution in [2.45, 2.75) is 141 Å². The number of aliphatic imine (C=N–C) groups is 2. The Hall–Kier alpha value is -10.0. The number of nitrogens with zero attached hydrogens (tertiary/aromatic N) is 14. The summed E-state index contributed by atoms with van der Waals surface area (Å²) in [4.78, 5) is 73.5. The quantitative estimate of drug-likeness (QED) is 0.0421. The zero-order valence-electron chi connectivity index (χ0n) is 56.6. The van der Waals surface area contributed by atoms with Crippen molar-refractivity contribution >= 4 is 58.9 Å². The number of rotatable bonds is 24. The minimum Gasteiger partial charge on any atom is -0.463 e. The van der Waals surface area contributed by atoms with Crippen molar-refractivity contribution in [3.8, 4) is 33.6 Å². The molecular weight excluding hydrogens is 1470 g/mol. The summed E-state index contributed by atoms with van der Waals surface area (Å²) < 4.78 is 207. The second kappa shape index (κ2) is 29.0. The molecule has 2 amide bonds. The number of carbonyl (C=O) groups is 4. The molecule has 0 radical (unpaired) electrons. The highest BCUT2D eigenvalue weighted by molar-refractivity contribution is 6.32. The molecule has 6 heterocycles. The van der Waals surface area contributed by atoms with E-state index in [1.807, 2.05) is 0 Å². The maximum absolute atomic E-state index is 15.8. The third-order valence-electron chi connectivity index (χ3n) is 17.8. The second-order valence-electron chi connectivity index (χ2n) is 28.1. The van der Waals surface area contributed by atoms with Crippen LogP contribution >= 0.6 is 23.2 Å². The molecule has 0 saturated heterocycles. The van der Waals surface area contributed by atoms with Crippen molar-refractivity contribution < 1.29 is 90.1 Å². The molecule has 8 aromatic rings. The van der Waals surface area contributed by atoms with Crippen molar-refractivity contribution in [1.82, 2.24) is 58.9 Å². The molecule has 2 saturated carbocycles. The summed E-state index contributed by atoms with van der Waals surface area (Å²) in [6.07, 6.45) is -2.52. The Labute approximate surface area is 603 Å². The monoisotopic (exact) mass is 1540 g/mol. The predicted molar refractivity (Wildman–Crippen MR) is 352 cm³/mol. The molecule has 0 unspecified atom stereocenters. The molecule has 22 nitrogen and oxygen atoms in total. The van der Waals surface area contributed by atoms with Crippen LogP contribution in [0.4, 0.5) is 61.5 Å². The number of benzene rings is 4. The number of ether oxygens (including phenoxy) is 2. The highest BCUT2D eigenvalue weighted by Crippen LogP contribution is 2.53. The van der Waals surface area contributed by atoms with Gasteiger partial charge in [-0.15, -0.1) is 0 Å². The predicted octanol–water partition coefficient (Wildman–Crippen LogP) is 14.7. The molecule has 106 heavy (non-hydrogen) atoms. The van der Waals surface area contributed by atoms with Gasteiger partial charge in [-0.25, -0.2) is 82.6 Å². The molecule has 564 valence electrons. The molecule has 4 aliphatic rings. The van der Waals surface area contributed by atoms with Gasteiger partial charge in [-0.2, -0.15) is 38.0 Å². The maximum atomic E-state index is 15.8. The lowest BCUT2D eigenvalue weighted by molar-refractivity contribution is -0.148. The topological polar surface area (TPSA) is 267 Å². The van der Waals surface area contributed by atoms with Gasteiger partial charge in [-0.1, -0.05) is 101 Å². The Morgan fingerprint density at radius 1 is 0.557 bits per heavy atom. The summed E-state index contributed by atoms with van der Waals surface area (Å²) in [5.74, 6) is -16.0. The van der Waals surface area contributed by atoms with E-state index in [2.05, 4.69) is 40.3 Å². The number of esters is 2. The molecule has 38 heteroatoms. The first-order valence-corrected chi connectivity index (χ1v) is 33.0. The maximum Gasteiger partial charge on any atom is 0.333 e. The SMILES string of the molecule is CC(C)(C)C[C@]1(c2ccc(-c3cnn(C(F)F)c3)c(F)c2)N=C(N)N([C@H](COC(=O)C[C@@H]2CC2(F)F)c2ccc(Cl)c(-n3ncnc3C(F)F)c2)C1=O.CC(C)(C)C[C@]1(c2ccc(-c3cnn(C(F)F)c3)c(F)c2)N=C(N)N([C@H](COC(=O)C[C@H]2CC2(F)F)c2ccc(Cl)c(-n3ncnc3C(F)F)c2)C1=O. The van der Waals surface area contributed by atoms with Gasteiger partial charge in [-0.05, 0) is 82.3 Å². The van der Waals surface area contributed by atoms with Crippen LogP contribution in [0.15, 0.2) is 120 Å². The molecule has 4 aromatic heterocycles. The normalized spacial score (nSPS) is 20.3. The average molecular weight is 1540 g/mol. The number of hydrogen-bond donors (Lipinski definition) is 2. The van der Waals surface area contributed by atoms with Crippen LogP contribution in [0.25, 0.3) is 33.6 Å². The summed E-state index contributed by atoms with van der Waals surface area (Å²) >= 11 is 12.8. The fraction of sp³-hybridized carbons (Fsp3) is 0.412. The first-order chi connectivity index (χ1) is 49.6. The van der Waals surface area contributed by atoms with E-state index in [1.54, 1.807) is 41.5 Å². The molecule has 2 aliphatic heterocycles. The largest absolute Gasteiger partial charge is 0.463 e. The van der Waals surface area contributed by atoms with Crippen LogP contribution in [0.5, 0.6) is 0 Å². The Morgan fingerprint density at radius 3 is 1.22 bits per heavy atom. The number of aromatic nitrogens is 10. The molecule has 6 atom stereocenters. The third kappa shape index (κ3) is 15.9. The lowest BCUT2D eigenvalue weighted by Gasteiger charge is -2.35. The first kappa shape index (κ1) is 77.1. The van der Waals surface area contributed by atoms with Crippen molar-refractivity contribution in [1.29, 1.82) is 0 Å². The molecule has 2 aliphatic carbocycles. The van der Waals surface area contributed by atoms with Gasteiger partial charge in [0, 0.05) is 59.3 Å². The molecule has 2 fully saturated rings. The van der Waals surface area contributed by atoms with Gasteiger partial charge in [0.15, 0.2) is 34.6 Å². The number of carbonyl (C=O) groups excluding carboxylic acids is 4. The second-order valence-corrected chi connectivity index (χ2v) is 28.9. The van der Waals surface area contributed by atoms with Crippen LogP contribution in [0, 0.1) is 34.3 Å². The first-order valence-electron chi connectivity index (χ1n) is 32.3. The van der Waals surface area contributed by atoms with Gasteiger partial charge < -0.3 is 20.9 Å². The number of halogens is 16. The number of guanidine groups is 2. The smallest absolute Gasteiger partial charge is 0.333 e. The Bertz CT molecular complexity index is 4460. The van der Waals surface area contributed by atoms with E-state index >= 15 is 8.78 Å². The summed E-state index contributed by atoms with van der Waals surface area (Å²) in [7, 11) is 0. The van der Waals surface area contributed by atoms with E-state index < -0.39 is 170 Å². The standard InChI is InChI=1S/2C34H32ClF7N8O3/c2*1-32(2,3)15-33(19-5-6-21(23(36)9-19)18-12-45-48(13-18)30(39)40)29(52)49(31(43)47-33)25(14-53-26(51)10-20-11-34(20,41)42)17-4-7-22(35)24(8-17)50-28(27(37)38)44-16-46-50/h2*4-9,12-13,16,20,25,27,30H,10-11,14-15H2,1-3H3,(H2,43,47)/t20-,25+,33+;20-,25-,33-/m01/s1. The van der Waals surface area contributed by atoms with Gasteiger partial charge in [0.25, 0.3) is 36.5 Å². The minimum atomic E-state index is -3.05. The van der Waals surface area contributed by atoms with E-state index in [-0.39, 0.29) is 90.7 Å². The van der Waals surface area contributed by atoms with Crippen LogP contribution in [0.3, 0.4) is 0 Å². The van der Waals surface area contributed by atoms with Gasteiger partial charge >= 0.3 is 25.0 Å². The molecule has 0 spiro atoms. The summed E-state index contributed by atoms with van der Waals surface area (Å²) in [6, 6.07) is 12.9. The highest BCUT2D eigenvalue weighted by Gasteiger charge is 2.60. The van der Waals surface area contributed by atoms with Crippen molar-refractivity contribution in [2.24, 2.45) is 44.1 Å². The van der Waals surface area contributed by atoms with Gasteiger partial charge in [0.2, 0.25) is 0 Å². The number of alkyl halides is 12. The van der Waals surface area contributed by atoms with Crippen LogP contribution in [-0.4, -0.2) is 120 Å². The number of amides is 2. The van der Waals surface area contributed by atoms with E-state index in [1.165, 1.54) is 60.7 Å². The van der Waals surface area contributed by atoms with Crippen LogP contribution in [0.2, 0.25) is 10.0 Å². The van der Waals surface area contributed by atoms with Gasteiger partial charge in [0.1, 0.15) is 37.5 Å². The molecule has 4 N–H and O–H groups in total. The zero-order chi connectivity index (χ0) is 77.2. The highest BCUT2D eigenvalue weighted by atomic mass is 35.5. The fourth-order valence-electron chi connectivity index (χ4n) is 12.8. The Morgan fingerprint density at radius 2 is 0.915 bits per heavy atom. The Kier molecular flexibility index (Phi) is 21.1. The van der Waals surface area contributed by atoms with E-state index in [0.29, 0.717) is 9.36 Å². The Balaban J connectivity index is 0.000000212. The molecule has 4 aromatic carbocycles. The molecule has 12 rings (SSSR count). The van der Waals surface area contributed by atoms with Crippen LogP contribution in [0.1, 0.15) is 152 Å². The van der Waals surface area contributed by atoms with E-state index in [0.717, 1.165) is 68.7 Å².